The minimum atomic E-state index is 0.452. The lowest BCUT2D eigenvalue weighted by molar-refractivity contribution is 0.571. The van der Waals surface area contributed by atoms with Gasteiger partial charge in [0.05, 0.1) is 21.3 Å². The molecule has 0 saturated carbocycles. The van der Waals surface area contributed by atoms with Crippen LogP contribution in [0.4, 0.5) is 0 Å². The SMILES string of the molecule is CCNCc1coc(-c2c(Cl)cccc2Cl)n1. The number of nitrogens with one attached hydrogen (secondary N) is 1. The molecule has 2 aromatic rings. The van der Waals surface area contributed by atoms with Gasteiger partial charge in [-0.05, 0) is 18.7 Å². The van der Waals surface area contributed by atoms with Gasteiger partial charge in [-0.1, -0.05) is 36.2 Å². The summed E-state index contributed by atoms with van der Waals surface area (Å²) in [5, 5.41) is 4.24. The first kappa shape index (κ1) is 12.4. The molecule has 1 heterocycles. The van der Waals surface area contributed by atoms with Gasteiger partial charge in [-0.2, -0.15) is 0 Å². The van der Waals surface area contributed by atoms with Crippen molar-refractivity contribution in [2.24, 2.45) is 0 Å². The van der Waals surface area contributed by atoms with Gasteiger partial charge < -0.3 is 9.73 Å². The highest BCUT2D eigenvalue weighted by molar-refractivity contribution is 6.38. The predicted octanol–water partition coefficient (Wildman–Crippen LogP) is 3.76. The molecule has 0 bridgehead atoms. The van der Waals surface area contributed by atoms with Crippen LogP contribution in [0.3, 0.4) is 0 Å². The Balaban J connectivity index is 2.30. The van der Waals surface area contributed by atoms with Crippen LogP contribution in [-0.4, -0.2) is 11.5 Å². The van der Waals surface area contributed by atoms with Gasteiger partial charge in [-0.3, -0.25) is 0 Å². The maximum atomic E-state index is 6.08. The molecule has 0 aliphatic heterocycles. The summed E-state index contributed by atoms with van der Waals surface area (Å²) in [5.41, 5.74) is 1.47. The molecular weight excluding hydrogens is 259 g/mol. The van der Waals surface area contributed by atoms with Crippen molar-refractivity contribution in [3.05, 3.63) is 40.2 Å². The first-order valence-corrected chi connectivity index (χ1v) is 6.07. The molecule has 90 valence electrons. The summed E-state index contributed by atoms with van der Waals surface area (Å²) in [6, 6.07) is 5.31. The molecule has 3 nitrogen and oxygen atoms in total. The Labute approximate surface area is 110 Å². The first-order valence-electron chi connectivity index (χ1n) is 5.32. The van der Waals surface area contributed by atoms with Crippen molar-refractivity contribution >= 4 is 23.2 Å². The minimum Gasteiger partial charge on any atom is -0.444 e. The van der Waals surface area contributed by atoms with Crippen molar-refractivity contribution in [2.75, 3.05) is 6.54 Å². The average molecular weight is 271 g/mol. The second-order valence-electron chi connectivity index (χ2n) is 3.52. The maximum Gasteiger partial charge on any atom is 0.229 e. The zero-order valence-corrected chi connectivity index (χ0v) is 10.8. The Hall–Kier alpha value is -1.03. The summed E-state index contributed by atoms with van der Waals surface area (Å²) in [7, 11) is 0. The van der Waals surface area contributed by atoms with Gasteiger partial charge in [-0.15, -0.1) is 0 Å². The van der Waals surface area contributed by atoms with E-state index in [0.29, 0.717) is 28.0 Å². The third-order valence-corrected chi connectivity index (χ3v) is 2.91. The molecule has 2 rings (SSSR count). The zero-order chi connectivity index (χ0) is 12.3. The number of aromatic nitrogens is 1. The van der Waals surface area contributed by atoms with Gasteiger partial charge in [0, 0.05) is 6.54 Å². The highest BCUT2D eigenvalue weighted by atomic mass is 35.5. The van der Waals surface area contributed by atoms with E-state index in [1.165, 1.54) is 0 Å². The van der Waals surface area contributed by atoms with Crippen LogP contribution in [0.5, 0.6) is 0 Å². The van der Waals surface area contributed by atoms with Crippen molar-refractivity contribution in [1.29, 1.82) is 0 Å². The van der Waals surface area contributed by atoms with Crippen LogP contribution in [0, 0.1) is 0 Å². The van der Waals surface area contributed by atoms with E-state index in [2.05, 4.69) is 10.3 Å². The van der Waals surface area contributed by atoms with E-state index in [4.69, 9.17) is 27.6 Å². The Morgan fingerprint density at radius 2 is 2.00 bits per heavy atom. The van der Waals surface area contributed by atoms with Crippen molar-refractivity contribution in [1.82, 2.24) is 10.3 Å². The molecule has 0 fully saturated rings. The number of nitrogens with zero attached hydrogens (tertiary/aromatic N) is 1. The molecule has 0 unspecified atom stereocenters. The molecule has 1 aromatic carbocycles. The molecule has 0 atom stereocenters. The lowest BCUT2D eigenvalue weighted by Gasteiger charge is -2.01. The van der Waals surface area contributed by atoms with Crippen LogP contribution in [0.25, 0.3) is 11.5 Å². The number of benzene rings is 1. The standard InChI is InChI=1S/C12H12Cl2N2O/c1-2-15-6-8-7-17-12(16-8)11-9(13)4-3-5-10(11)14/h3-5,7,15H,2,6H2,1H3. The van der Waals surface area contributed by atoms with E-state index in [1.54, 1.807) is 24.5 Å². The number of rotatable bonds is 4. The summed E-state index contributed by atoms with van der Waals surface area (Å²) >= 11 is 12.2. The minimum absolute atomic E-state index is 0.452. The third-order valence-electron chi connectivity index (χ3n) is 2.28. The second-order valence-corrected chi connectivity index (χ2v) is 4.34. The number of oxazole rings is 1. The largest absolute Gasteiger partial charge is 0.444 e. The summed E-state index contributed by atoms with van der Waals surface area (Å²) in [6.07, 6.45) is 1.61. The lowest BCUT2D eigenvalue weighted by Crippen LogP contribution is -2.11. The summed E-state index contributed by atoms with van der Waals surface area (Å²) in [6.45, 7) is 3.59. The molecule has 0 saturated heterocycles. The first-order chi connectivity index (χ1) is 8.22. The Bertz CT molecular complexity index is 491. The molecule has 0 spiro atoms. The van der Waals surface area contributed by atoms with Crippen LogP contribution in [0.15, 0.2) is 28.9 Å². The van der Waals surface area contributed by atoms with Gasteiger partial charge in [0.15, 0.2) is 0 Å². The molecule has 0 aliphatic carbocycles. The van der Waals surface area contributed by atoms with E-state index >= 15 is 0 Å². The van der Waals surface area contributed by atoms with E-state index < -0.39 is 0 Å². The van der Waals surface area contributed by atoms with Crippen LogP contribution >= 0.6 is 23.2 Å². The molecule has 5 heteroatoms. The fourth-order valence-electron chi connectivity index (χ4n) is 1.46. The second kappa shape index (κ2) is 5.54. The molecule has 1 aromatic heterocycles. The lowest BCUT2D eigenvalue weighted by atomic mass is 10.2. The number of halogens is 2. The summed E-state index contributed by atoms with van der Waals surface area (Å²) in [4.78, 5) is 4.34. The molecule has 0 radical (unpaired) electrons. The van der Waals surface area contributed by atoms with Crippen LogP contribution < -0.4 is 5.32 Å². The van der Waals surface area contributed by atoms with Gasteiger partial charge in [0.2, 0.25) is 5.89 Å². The molecule has 0 aliphatic rings. The molecular formula is C12H12Cl2N2O. The van der Waals surface area contributed by atoms with Crippen LogP contribution in [0.1, 0.15) is 12.6 Å². The fraction of sp³-hybridized carbons (Fsp3) is 0.250. The van der Waals surface area contributed by atoms with E-state index in [1.807, 2.05) is 6.92 Å². The Morgan fingerprint density at radius 1 is 1.29 bits per heavy atom. The highest BCUT2D eigenvalue weighted by Gasteiger charge is 2.13. The fourth-order valence-corrected chi connectivity index (χ4v) is 2.02. The Morgan fingerprint density at radius 3 is 2.65 bits per heavy atom. The zero-order valence-electron chi connectivity index (χ0n) is 9.34. The van der Waals surface area contributed by atoms with E-state index in [-0.39, 0.29) is 0 Å². The van der Waals surface area contributed by atoms with Gasteiger partial charge >= 0.3 is 0 Å². The van der Waals surface area contributed by atoms with Crippen molar-refractivity contribution in [3.8, 4) is 11.5 Å². The van der Waals surface area contributed by atoms with Crippen molar-refractivity contribution in [3.63, 3.8) is 0 Å². The van der Waals surface area contributed by atoms with Crippen LogP contribution in [-0.2, 0) is 6.54 Å². The summed E-state index contributed by atoms with van der Waals surface area (Å²) < 4.78 is 5.39. The number of hydrogen-bond donors (Lipinski definition) is 1. The third kappa shape index (κ3) is 2.80. The molecule has 1 N–H and O–H groups in total. The average Bonchev–Trinajstić information content (AvgIpc) is 2.75. The van der Waals surface area contributed by atoms with Crippen LogP contribution in [0.2, 0.25) is 10.0 Å². The normalized spacial score (nSPS) is 10.8. The van der Waals surface area contributed by atoms with Gasteiger partial charge in [0.25, 0.3) is 0 Å². The number of hydrogen-bond acceptors (Lipinski definition) is 3. The van der Waals surface area contributed by atoms with Crippen molar-refractivity contribution in [2.45, 2.75) is 13.5 Å². The Kier molecular flexibility index (Phi) is 4.05. The monoisotopic (exact) mass is 270 g/mol. The maximum absolute atomic E-state index is 6.08. The predicted molar refractivity (Wildman–Crippen MR) is 69.3 cm³/mol. The highest BCUT2D eigenvalue weighted by Crippen LogP contribution is 2.33. The van der Waals surface area contributed by atoms with E-state index in [0.717, 1.165) is 12.2 Å². The van der Waals surface area contributed by atoms with Gasteiger partial charge in [-0.25, -0.2) is 4.98 Å². The van der Waals surface area contributed by atoms with Gasteiger partial charge in [0.1, 0.15) is 6.26 Å². The molecule has 0 amide bonds. The molecule has 17 heavy (non-hydrogen) atoms. The summed E-state index contributed by atoms with van der Waals surface area (Å²) in [5.74, 6) is 0.452. The van der Waals surface area contributed by atoms with E-state index in [9.17, 15) is 0 Å². The quantitative estimate of drug-likeness (QED) is 0.920. The van der Waals surface area contributed by atoms with Crippen molar-refractivity contribution < 1.29 is 4.42 Å². The smallest absolute Gasteiger partial charge is 0.229 e. The topological polar surface area (TPSA) is 38.1 Å².